The predicted molar refractivity (Wildman–Crippen MR) is 127 cm³/mol. The Kier molecular flexibility index (Phi) is 12.0. The molecule has 5 atom stereocenters. The highest BCUT2D eigenvalue weighted by atomic mass is 16.4. The Labute approximate surface area is 212 Å². The molecule has 0 fully saturated rings. The van der Waals surface area contributed by atoms with Gasteiger partial charge in [-0.25, -0.2) is 4.79 Å². The standard InChI is InChI=1S/C23H32N4O10/c1-3-11(2)19(24)22(35)26-14(8-12-4-6-13(28)7-5-12)20(33)25-15(9-17(29)30)21(34)27-16(23(36)37)10-18(31)32/h4-7,11,14-16,19,28H,3,8-10,24H2,1-2H3,(H,25,33)(H,26,35)(H,27,34)(H,29,30)(H,31,32)(H,36,37). The predicted octanol–water partition coefficient (Wildman–Crippen LogP) is -1.20. The normalized spacial score (nSPS) is 14.8. The molecule has 5 unspecified atom stereocenters. The van der Waals surface area contributed by atoms with Gasteiger partial charge in [-0.1, -0.05) is 32.4 Å². The summed E-state index contributed by atoms with van der Waals surface area (Å²) in [5.41, 5.74) is 6.45. The Balaban J connectivity index is 3.18. The minimum absolute atomic E-state index is 0.0416. The maximum absolute atomic E-state index is 13.1. The first kappa shape index (κ1) is 30.8. The molecule has 0 heterocycles. The Morgan fingerprint density at radius 3 is 1.73 bits per heavy atom. The van der Waals surface area contributed by atoms with Gasteiger partial charge < -0.3 is 42.1 Å². The van der Waals surface area contributed by atoms with E-state index >= 15 is 0 Å². The molecular formula is C23H32N4O10. The van der Waals surface area contributed by atoms with Crippen molar-refractivity contribution in [1.29, 1.82) is 0 Å². The molecule has 1 aromatic rings. The molecule has 1 rings (SSSR count). The van der Waals surface area contributed by atoms with E-state index in [9.17, 15) is 39.0 Å². The van der Waals surface area contributed by atoms with Crippen LogP contribution < -0.4 is 21.7 Å². The van der Waals surface area contributed by atoms with Crippen LogP contribution in [0.1, 0.15) is 38.7 Å². The number of phenolic OH excluding ortho intramolecular Hbond substituents is 1. The van der Waals surface area contributed by atoms with Crippen LogP contribution in [0.5, 0.6) is 5.75 Å². The Hall–Kier alpha value is -4.20. The molecule has 9 N–H and O–H groups in total. The molecule has 0 radical (unpaired) electrons. The molecule has 0 spiro atoms. The number of hydrogen-bond acceptors (Lipinski definition) is 8. The van der Waals surface area contributed by atoms with Crippen molar-refractivity contribution in [3.63, 3.8) is 0 Å². The second kappa shape index (κ2) is 14.4. The summed E-state index contributed by atoms with van der Waals surface area (Å²) in [6.07, 6.45) is -1.49. The number of rotatable bonds is 15. The maximum Gasteiger partial charge on any atom is 0.326 e. The van der Waals surface area contributed by atoms with E-state index in [2.05, 4.69) is 10.6 Å². The third kappa shape index (κ3) is 10.5. The highest BCUT2D eigenvalue weighted by Crippen LogP contribution is 2.13. The smallest absolute Gasteiger partial charge is 0.326 e. The van der Waals surface area contributed by atoms with Gasteiger partial charge in [-0.2, -0.15) is 0 Å². The summed E-state index contributed by atoms with van der Waals surface area (Å²) in [5, 5.41) is 43.3. The van der Waals surface area contributed by atoms with Crippen molar-refractivity contribution in [2.24, 2.45) is 11.7 Å². The van der Waals surface area contributed by atoms with Crippen LogP contribution in [0, 0.1) is 5.92 Å². The molecule has 0 aliphatic rings. The van der Waals surface area contributed by atoms with E-state index in [0.717, 1.165) is 0 Å². The van der Waals surface area contributed by atoms with Gasteiger partial charge in [0.2, 0.25) is 17.7 Å². The van der Waals surface area contributed by atoms with Crippen LogP contribution in [0.25, 0.3) is 0 Å². The summed E-state index contributed by atoms with van der Waals surface area (Å²) in [7, 11) is 0. The van der Waals surface area contributed by atoms with Gasteiger partial charge in [-0.3, -0.25) is 24.0 Å². The van der Waals surface area contributed by atoms with E-state index in [1.165, 1.54) is 24.3 Å². The molecule has 0 aliphatic carbocycles. The highest BCUT2D eigenvalue weighted by molar-refractivity contribution is 5.96. The number of carboxylic acid groups (broad SMARTS) is 3. The lowest BCUT2D eigenvalue weighted by Gasteiger charge is -2.25. The summed E-state index contributed by atoms with van der Waals surface area (Å²) >= 11 is 0. The SMILES string of the molecule is CCC(C)C(N)C(=O)NC(Cc1ccc(O)cc1)C(=O)NC(CC(=O)O)C(=O)NC(CC(=O)O)C(=O)O. The van der Waals surface area contributed by atoms with E-state index in [-0.39, 0.29) is 18.1 Å². The molecule has 3 amide bonds. The van der Waals surface area contributed by atoms with Gasteiger partial charge in [0.25, 0.3) is 0 Å². The lowest BCUT2D eigenvalue weighted by atomic mass is 9.98. The number of phenols is 1. The maximum atomic E-state index is 13.1. The zero-order chi connectivity index (χ0) is 28.3. The molecule has 0 bridgehead atoms. The molecule has 0 saturated heterocycles. The van der Waals surface area contributed by atoms with Crippen LogP contribution in [0.15, 0.2) is 24.3 Å². The van der Waals surface area contributed by atoms with Crippen LogP contribution in [-0.4, -0.2) is 80.2 Å². The number of hydrogen-bond donors (Lipinski definition) is 8. The Morgan fingerprint density at radius 2 is 1.24 bits per heavy atom. The van der Waals surface area contributed by atoms with E-state index in [1.807, 2.05) is 12.2 Å². The van der Waals surface area contributed by atoms with Crippen LogP contribution >= 0.6 is 0 Å². The molecule has 0 aliphatic heterocycles. The van der Waals surface area contributed by atoms with Gasteiger partial charge in [0.15, 0.2) is 0 Å². The fraction of sp³-hybridized carbons (Fsp3) is 0.478. The van der Waals surface area contributed by atoms with Crippen LogP contribution in [-0.2, 0) is 35.2 Å². The lowest BCUT2D eigenvalue weighted by Crippen LogP contribution is -2.58. The molecule has 14 nitrogen and oxygen atoms in total. The van der Waals surface area contributed by atoms with Gasteiger partial charge >= 0.3 is 17.9 Å². The molecule has 37 heavy (non-hydrogen) atoms. The number of nitrogens with two attached hydrogens (primary N) is 1. The molecule has 204 valence electrons. The van der Waals surface area contributed by atoms with Crippen molar-refractivity contribution in [2.75, 3.05) is 0 Å². The summed E-state index contributed by atoms with van der Waals surface area (Å²) < 4.78 is 0. The lowest BCUT2D eigenvalue weighted by molar-refractivity contribution is -0.148. The Morgan fingerprint density at radius 1 is 0.784 bits per heavy atom. The minimum atomic E-state index is -1.88. The quantitative estimate of drug-likeness (QED) is 0.135. The monoisotopic (exact) mass is 524 g/mol. The topological polar surface area (TPSA) is 245 Å². The molecule has 0 aromatic heterocycles. The van der Waals surface area contributed by atoms with Gasteiger partial charge in [0.05, 0.1) is 18.9 Å². The zero-order valence-electron chi connectivity index (χ0n) is 20.3. The van der Waals surface area contributed by atoms with Crippen LogP contribution in [0.4, 0.5) is 0 Å². The summed E-state index contributed by atoms with van der Waals surface area (Å²) in [5.74, 6) is -7.86. The first-order valence-electron chi connectivity index (χ1n) is 11.4. The number of carbonyl (C=O) groups excluding carboxylic acids is 3. The second-order valence-corrected chi connectivity index (χ2v) is 8.50. The summed E-state index contributed by atoms with van der Waals surface area (Å²) in [4.78, 5) is 71.9. The van der Waals surface area contributed by atoms with E-state index in [0.29, 0.717) is 12.0 Å². The van der Waals surface area contributed by atoms with Crippen LogP contribution in [0.2, 0.25) is 0 Å². The number of aromatic hydroxyl groups is 1. The summed E-state index contributed by atoms with van der Waals surface area (Å²) in [6.45, 7) is 3.56. The van der Waals surface area contributed by atoms with Crippen molar-refractivity contribution in [1.82, 2.24) is 16.0 Å². The Bertz CT molecular complexity index is 998. The number of amides is 3. The highest BCUT2D eigenvalue weighted by Gasteiger charge is 2.33. The third-order valence-corrected chi connectivity index (χ3v) is 5.57. The first-order valence-corrected chi connectivity index (χ1v) is 11.4. The van der Waals surface area contributed by atoms with E-state index in [1.54, 1.807) is 6.92 Å². The third-order valence-electron chi connectivity index (χ3n) is 5.57. The molecule has 14 heteroatoms. The molecular weight excluding hydrogens is 492 g/mol. The average molecular weight is 525 g/mol. The number of aliphatic carboxylic acids is 3. The van der Waals surface area contributed by atoms with E-state index < -0.39 is 72.6 Å². The molecule has 1 aromatic carbocycles. The minimum Gasteiger partial charge on any atom is -0.508 e. The fourth-order valence-electron chi connectivity index (χ4n) is 3.16. The number of carboxylic acids is 3. The average Bonchev–Trinajstić information content (AvgIpc) is 2.82. The van der Waals surface area contributed by atoms with Crippen molar-refractivity contribution < 1.29 is 49.2 Å². The fourth-order valence-corrected chi connectivity index (χ4v) is 3.16. The van der Waals surface area contributed by atoms with E-state index in [4.69, 9.17) is 15.9 Å². The van der Waals surface area contributed by atoms with Crippen LogP contribution in [0.3, 0.4) is 0 Å². The first-order chi connectivity index (χ1) is 17.2. The zero-order valence-corrected chi connectivity index (χ0v) is 20.3. The number of benzene rings is 1. The van der Waals surface area contributed by atoms with Gasteiger partial charge in [0.1, 0.15) is 23.9 Å². The number of carbonyl (C=O) groups is 6. The second-order valence-electron chi connectivity index (χ2n) is 8.50. The van der Waals surface area contributed by atoms with Crippen molar-refractivity contribution >= 4 is 35.6 Å². The largest absolute Gasteiger partial charge is 0.508 e. The summed E-state index contributed by atoms with van der Waals surface area (Å²) in [6, 6.07) is -0.279. The molecule has 0 saturated carbocycles. The van der Waals surface area contributed by atoms with Gasteiger partial charge in [0, 0.05) is 6.42 Å². The van der Waals surface area contributed by atoms with Crippen molar-refractivity contribution in [3.05, 3.63) is 29.8 Å². The number of nitrogens with one attached hydrogen (secondary N) is 3. The van der Waals surface area contributed by atoms with Crippen molar-refractivity contribution in [2.45, 2.75) is 63.7 Å². The van der Waals surface area contributed by atoms with Gasteiger partial charge in [-0.05, 0) is 23.6 Å². The van der Waals surface area contributed by atoms with Gasteiger partial charge in [-0.15, -0.1) is 0 Å². The van der Waals surface area contributed by atoms with Crippen molar-refractivity contribution in [3.8, 4) is 5.75 Å².